The quantitative estimate of drug-likeness (QED) is 0.476. The molecule has 0 atom stereocenters. The molecule has 3 heterocycles. The van der Waals surface area contributed by atoms with E-state index in [1.807, 2.05) is 41.3 Å². The third kappa shape index (κ3) is 5.22. The Labute approximate surface area is 218 Å². The number of rotatable bonds is 7. The van der Waals surface area contributed by atoms with Gasteiger partial charge in [0.15, 0.2) is 0 Å². The zero-order valence-electron chi connectivity index (χ0n) is 21.1. The summed E-state index contributed by atoms with van der Waals surface area (Å²) in [6.07, 6.45) is 1.88. The van der Waals surface area contributed by atoms with Crippen LogP contribution in [-0.2, 0) is 24.3 Å². The summed E-state index contributed by atoms with van der Waals surface area (Å²) in [6.45, 7) is 9.01. The van der Waals surface area contributed by atoms with E-state index < -0.39 is 0 Å². The van der Waals surface area contributed by atoms with E-state index in [9.17, 15) is 4.79 Å². The number of aryl methyl sites for hydroxylation is 1. The monoisotopic (exact) mass is 507 g/mol. The van der Waals surface area contributed by atoms with Crippen molar-refractivity contribution in [1.29, 1.82) is 0 Å². The summed E-state index contributed by atoms with van der Waals surface area (Å²) in [5, 5.41) is 5.75. The summed E-state index contributed by atoms with van der Waals surface area (Å²) in [7, 11) is 1.74. The van der Waals surface area contributed by atoms with Crippen molar-refractivity contribution in [3.05, 3.63) is 64.8 Å². The second-order valence-corrected chi connectivity index (χ2v) is 9.98. The highest BCUT2D eigenvalue weighted by Gasteiger charge is 2.27. The van der Waals surface area contributed by atoms with E-state index in [0.717, 1.165) is 75.7 Å². The second kappa shape index (κ2) is 10.9. The fourth-order valence-corrected chi connectivity index (χ4v) is 5.46. The molecule has 0 saturated carbocycles. The van der Waals surface area contributed by atoms with E-state index in [-0.39, 0.29) is 5.91 Å². The number of benzene rings is 2. The molecule has 0 aliphatic carbocycles. The third-order valence-corrected chi connectivity index (χ3v) is 7.59. The van der Waals surface area contributed by atoms with Crippen LogP contribution in [0.25, 0.3) is 11.3 Å². The number of methoxy groups -OCH3 is 1. The number of carbonyl (C=O) groups excluding carboxylic acids is 1. The van der Waals surface area contributed by atoms with E-state index in [4.69, 9.17) is 21.4 Å². The minimum absolute atomic E-state index is 0.114. The van der Waals surface area contributed by atoms with Gasteiger partial charge in [-0.1, -0.05) is 35.9 Å². The van der Waals surface area contributed by atoms with Gasteiger partial charge in [-0.15, -0.1) is 0 Å². The Morgan fingerprint density at radius 3 is 2.47 bits per heavy atom. The van der Waals surface area contributed by atoms with Crippen LogP contribution in [0.5, 0.6) is 5.75 Å². The number of hydrogen-bond donors (Lipinski definition) is 0. The Hall–Kier alpha value is -3.03. The van der Waals surface area contributed by atoms with Crippen LogP contribution in [0.2, 0.25) is 5.02 Å². The van der Waals surface area contributed by atoms with Crippen LogP contribution in [0.3, 0.4) is 0 Å². The summed E-state index contributed by atoms with van der Waals surface area (Å²) < 4.78 is 7.73. The number of para-hydroxylation sites is 2. The molecule has 1 aromatic heterocycles. The van der Waals surface area contributed by atoms with Gasteiger partial charge in [-0.25, -0.2) is 0 Å². The first-order valence-corrected chi connectivity index (χ1v) is 13.1. The molecule has 5 rings (SSSR count). The number of amides is 1. The fraction of sp³-hybridized carbons (Fsp3) is 0.429. The molecular weight excluding hydrogens is 474 g/mol. The van der Waals surface area contributed by atoms with Gasteiger partial charge in [0.2, 0.25) is 5.91 Å². The SMILES string of the molecule is COc1ccccc1N1CCN(CCCn2nc(-c3ccc(Cl)cc3)c3c2CCN(C(C)=O)C3)CC1. The Bertz CT molecular complexity index is 1200. The first-order valence-electron chi connectivity index (χ1n) is 12.7. The Morgan fingerprint density at radius 2 is 1.75 bits per heavy atom. The van der Waals surface area contributed by atoms with Gasteiger partial charge in [-0.3, -0.25) is 14.4 Å². The molecule has 1 amide bonds. The minimum Gasteiger partial charge on any atom is -0.495 e. The highest BCUT2D eigenvalue weighted by Crippen LogP contribution is 2.31. The number of fused-ring (bicyclic) bond motifs is 1. The molecule has 2 aliphatic heterocycles. The number of ether oxygens (including phenoxy) is 1. The van der Waals surface area contributed by atoms with Gasteiger partial charge in [-0.2, -0.15) is 5.10 Å². The Morgan fingerprint density at radius 1 is 1.00 bits per heavy atom. The first kappa shape index (κ1) is 24.7. The normalized spacial score (nSPS) is 16.2. The average Bonchev–Trinajstić information content (AvgIpc) is 3.27. The minimum atomic E-state index is 0.114. The van der Waals surface area contributed by atoms with E-state index >= 15 is 0 Å². The number of hydrogen-bond acceptors (Lipinski definition) is 5. The summed E-state index contributed by atoms with van der Waals surface area (Å²) in [5.41, 5.74) is 5.63. The second-order valence-electron chi connectivity index (χ2n) is 9.55. The largest absolute Gasteiger partial charge is 0.495 e. The van der Waals surface area contributed by atoms with Gasteiger partial charge in [0.25, 0.3) is 0 Å². The molecule has 7 nitrogen and oxygen atoms in total. The standard InChI is InChI=1S/C28H34ClN5O2/c1-21(35)33-15-12-25-24(20-33)28(22-8-10-23(29)11-9-22)30-34(25)14-5-13-31-16-18-32(19-17-31)26-6-3-4-7-27(26)36-2/h3-4,6-11H,5,12-20H2,1-2H3. The van der Waals surface area contributed by atoms with Crippen molar-refractivity contribution in [2.24, 2.45) is 0 Å². The van der Waals surface area contributed by atoms with Gasteiger partial charge in [0, 0.05) is 87.5 Å². The maximum Gasteiger partial charge on any atom is 0.219 e. The molecule has 0 N–H and O–H groups in total. The van der Waals surface area contributed by atoms with Crippen molar-refractivity contribution in [3.8, 4) is 17.0 Å². The predicted molar refractivity (Wildman–Crippen MR) is 144 cm³/mol. The van der Waals surface area contributed by atoms with Crippen molar-refractivity contribution in [2.45, 2.75) is 32.9 Å². The van der Waals surface area contributed by atoms with Crippen LogP contribution >= 0.6 is 11.6 Å². The first-order chi connectivity index (χ1) is 17.5. The van der Waals surface area contributed by atoms with Crippen molar-refractivity contribution in [1.82, 2.24) is 19.6 Å². The lowest BCUT2D eigenvalue weighted by molar-refractivity contribution is -0.129. The molecule has 0 spiro atoms. The molecule has 0 radical (unpaired) electrons. The number of nitrogens with zero attached hydrogens (tertiary/aromatic N) is 5. The molecule has 1 saturated heterocycles. The number of halogens is 1. The van der Waals surface area contributed by atoms with Crippen LogP contribution in [-0.4, -0.2) is 71.9 Å². The maximum absolute atomic E-state index is 12.1. The number of piperazine rings is 1. The van der Waals surface area contributed by atoms with Crippen molar-refractivity contribution in [2.75, 3.05) is 51.3 Å². The van der Waals surface area contributed by atoms with E-state index in [1.165, 1.54) is 16.9 Å². The van der Waals surface area contributed by atoms with Crippen LogP contribution in [0.15, 0.2) is 48.5 Å². The van der Waals surface area contributed by atoms with Crippen LogP contribution in [0.1, 0.15) is 24.6 Å². The van der Waals surface area contributed by atoms with Gasteiger partial charge in [0.1, 0.15) is 5.75 Å². The van der Waals surface area contributed by atoms with E-state index in [2.05, 4.69) is 26.6 Å². The van der Waals surface area contributed by atoms with Crippen molar-refractivity contribution >= 4 is 23.2 Å². The molecule has 190 valence electrons. The molecule has 0 unspecified atom stereocenters. The summed E-state index contributed by atoms with van der Waals surface area (Å²) in [6, 6.07) is 16.1. The van der Waals surface area contributed by atoms with Crippen molar-refractivity contribution in [3.63, 3.8) is 0 Å². The van der Waals surface area contributed by atoms with E-state index in [1.54, 1.807) is 14.0 Å². The Kier molecular flexibility index (Phi) is 7.48. The van der Waals surface area contributed by atoms with Gasteiger partial charge in [-0.05, 0) is 30.7 Å². The Balaban J connectivity index is 1.23. The molecule has 0 bridgehead atoms. The third-order valence-electron chi connectivity index (χ3n) is 7.34. The number of anilines is 1. The molecule has 1 fully saturated rings. The lowest BCUT2D eigenvalue weighted by Crippen LogP contribution is -2.46. The summed E-state index contributed by atoms with van der Waals surface area (Å²) in [5.74, 6) is 1.05. The van der Waals surface area contributed by atoms with Gasteiger partial charge in [0.05, 0.1) is 18.5 Å². The molecule has 2 aliphatic rings. The highest BCUT2D eigenvalue weighted by atomic mass is 35.5. The summed E-state index contributed by atoms with van der Waals surface area (Å²) >= 11 is 6.12. The average molecular weight is 508 g/mol. The topological polar surface area (TPSA) is 53.8 Å². The number of aromatic nitrogens is 2. The van der Waals surface area contributed by atoms with E-state index in [0.29, 0.717) is 11.6 Å². The smallest absolute Gasteiger partial charge is 0.219 e. The van der Waals surface area contributed by atoms with Crippen LogP contribution < -0.4 is 9.64 Å². The zero-order valence-corrected chi connectivity index (χ0v) is 21.9. The lowest BCUT2D eigenvalue weighted by Gasteiger charge is -2.36. The van der Waals surface area contributed by atoms with Crippen LogP contribution in [0.4, 0.5) is 5.69 Å². The maximum atomic E-state index is 12.1. The molecule has 8 heteroatoms. The zero-order chi connectivity index (χ0) is 25.1. The van der Waals surface area contributed by atoms with Gasteiger partial charge >= 0.3 is 0 Å². The lowest BCUT2D eigenvalue weighted by atomic mass is 10.0. The molecule has 3 aromatic rings. The summed E-state index contributed by atoms with van der Waals surface area (Å²) in [4.78, 5) is 18.9. The molecular formula is C28H34ClN5O2. The fourth-order valence-electron chi connectivity index (χ4n) is 5.33. The molecule has 2 aromatic carbocycles. The van der Waals surface area contributed by atoms with Gasteiger partial charge < -0.3 is 14.5 Å². The van der Waals surface area contributed by atoms with Crippen molar-refractivity contribution < 1.29 is 9.53 Å². The van der Waals surface area contributed by atoms with Crippen LogP contribution in [0, 0.1) is 0 Å². The number of carbonyl (C=O) groups is 1. The predicted octanol–water partition coefficient (Wildman–Crippen LogP) is 4.33. The molecule has 36 heavy (non-hydrogen) atoms. The highest BCUT2D eigenvalue weighted by molar-refractivity contribution is 6.30.